The molecule has 1 saturated heterocycles. The normalized spacial score (nSPS) is 30.0. The van der Waals surface area contributed by atoms with Crippen molar-refractivity contribution in [3.05, 3.63) is 6.61 Å². The average molecular weight is 140 g/mol. The van der Waals surface area contributed by atoms with Crippen LogP contribution in [0.15, 0.2) is 0 Å². The van der Waals surface area contributed by atoms with Crippen molar-refractivity contribution in [1.29, 1.82) is 0 Å². The summed E-state index contributed by atoms with van der Waals surface area (Å²) < 4.78 is 5.15. The first kappa shape index (κ1) is 6.62. The zero-order valence-electron chi connectivity index (χ0n) is 6.25. The Morgan fingerprint density at radius 3 is 2.80 bits per heavy atom. The van der Waals surface area contributed by atoms with Crippen LogP contribution in [0.1, 0.15) is 19.3 Å². The Morgan fingerprint density at radius 2 is 2.30 bits per heavy atom. The lowest BCUT2D eigenvalue weighted by Crippen LogP contribution is -2.45. The Kier molecular flexibility index (Phi) is 1.91. The van der Waals surface area contributed by atoms with Crippen LogP contribution in [0.5, 0.6) is 0 Å². The summed E-state index contributed by atoms with van der Waals surface area (Å²) in [6.45, 7) is 5.02. The fraction of sp³-hybridized carbons (Fsp3) is 0.875. The fourth-order valence-corrected chi connectivity index (χ4v) is 1.58. The summed E-state index contributed by atoms with van der Waals surface area (Å²) in [7, 11) is 0. The lowest BCUT2D eigenvalue weighted by Gasteiger charge is -2.39. The summed E-state index contributed by atoms with van der Waals surface area (Å²) in [6.07, 6.45) is 4.25. The van der Waals surface area contributed by atoms with E-state index in [1.165, 1.54) is 19.3 Å². The Morgan fingerprint density at radius 1 is 1.40 bits per heavy atom. The lowest BCUT2D eigenvalue weighted by molar-refractivity contribution is 0.0340. The van der Waals surface area contributed by atoms with Crippen molar-refractivity contribution in [3.8, 4) is 0 Å². The van der Waals surface area contributed by atoms with E-state index < -0.39 is 0 Å². The quantitative estimate of drug-likeness (QED) is 0.539. The average Bonchev–Trinajstić information content (AvgIpc) is 1.86. The van der Waals surface area contributed by atoms with Crippen molar-refractivity contribution >= 4 is 0 Å². The summed E-state index contributed by atoms with van der Waals surface area (Å²) in [5.74, 6) is 0. The molecule has 0 unspecified atom stereocenters. The molecule has 0 atom stereocenters. The van der Waals surface area contributed by atoms with Crippen molar-refractivity contribution in [2.75, 3.05) is 19.7 Å². The molecule has 0 spiro atoms. The summed E-state index contributed by atoms with van der Waals surface area (Å²) >= 11 is 0. The third-order valence-electron chi connectivity index (χ3n) is 2.51. The molecule has 1 aliphatic carbocycles. The molecule has 0 aromatic heterocycles. The SMILES string of the molecule is [CH]1CN(C2CCC2)CCO1. The number of hydrogen-bond donors (Lipinski definition) is 0. The minimum Gasteiger partial charge on any atom is -0.373 e. The van der Waals surface area contributed by atoms with Crippen LogP contribution >= 0.6 is 0 Å². The molecule has 2 nitrogen and oxygen atoms in total. The molecule has 0 aromatic carbocycles. The molecule has 1 aliphatic heterocycles. The van der Waals surface area contributed by atoms with E-state index in [-0.39, 0.29) is 0 Å². The largest absolute Gasteiger partial charge is 0.373 e. The van der Waals surface area contributed by atoms with E-state index in [1.807, 2.05) is 6.61 Å². The molecule has 1 heterocycles. The standard InChI is InChI=1S/C8H14NO/c1-2-8(3-1)9-4-6-10-7-5-9/h6,8H,1-5,7H2. The topological polar surface area (TPSA) is 12.5 Å². The maximum atomic E-state index is 5.15. The molecule has 0 N–H and O–H groups in total. The van der Waals surface area contributed by atoms with Crippen LogP contribution in [0.25, 0.3) is 0 Å². The van der Waals surface area contributed by atoms with Gasteiger partial charge in [0.25, 0.3) is 0 Å². The maximum Gasteiger partial charge on any atom is 0.0976 e. The second-order valence-corrected chi connectivity index (χ2v) is 3.12. The molecule has 2 heteroatoms. The molecule has 2 fully saturated rings. The summed E-state index contributed by atoms with van der Waals surface area (Å²) in [4.78, 5) is 2.52. The first-order valence-electron chi connectivity index (χ1n) is 4.14. The van der Waals surface area contributed by atoms with Crippen LogP contribution in [-0.2, 0) is 4.74 Å². The van der Waals surface area contributed by atoms with Gasteiger partial charge in [0.15, 0.2) is 0 Å². The van der Waals surface area contributed by atoms with Gasteiger partial charge in [-0.25, -0.2) is 0 Å². The minimum absolute atomic E-state index is 0.889. The highest BCUT2D eigenvalue weighted by atomic mass is 16.5. The fourth-order valence-electron chi connectivity index (χ4n) is 1.58. The Labute approximate surface area is 62.2 Å². The van der Waals surface area contributed by atoms with Gasteiger partial charge in [-0.3, -0.25) is 4.90 Å². The smallest absolute Gasteiger partial charge is 0.0976 e. The van der Waals surface area contributed by atoms with Crippen LogP contribution in [0.3, 0.4) is 0 Å². The molecule has 1 saturated carbocycles. The van der Waals surface area contributed by atoms with Crippen LogP contribution in [0.4, 0.5) is 0 Å². The van der Waals surface area contributed by atoms with Crippen molar-refractivity contribution in [2.45, 2.75) is 25.3 Å². The summed E-state index contributed by atoms with van der Waals surface area (Å²) in [6, 6.07) is 0.889. The highest BCUT2D eigenvalue weighted by Crippen LogP contribution is 2.25. The zero-order valence-corrected chi connectivity index (χ0v) is 6.25. The Hall–Kier alpha value is -0.0800. The first-order valence-corrected chi connectivity index (χ1v) is 4.14. The van der Waals surface area contributed by atoms with Crippen LogP contribution in [0.2, 0.25) is 0 Å². The summed E-state index contributed by atoms with van der Waals surface area (Å²) in [5.41, 5.74) is 0. The molecule has 1 radical (unpaired) electrons. The van der Waals surface area contributed by atoms with Crippen LogP contribution in [-0.4, -0.2) is 30.6 Å². The molecular weight excluding hydrogens is 126 g/mol. The van der Waals surface area contributed by atoms with E-state index in [0.717, 1.165) is 25.7 Å². The van der Waals surface area contributed by atoms with Crippen LogP contribution < -0.4 is 0 Å². The van der Waals surface area contributed by atoms with Crippen molar-refractivity contribution in [2.24, 2.45) is 0 Å². The third-order valence-corrected chi connectivity index (χ3v) is 2.51. The second kappa shape index (κ2) is 2.89. The third kappa shape index (κ3) is 1.18. The van der Waals surface area contributed by atoms with E-state index >= 15 is 0 Å². The number of hydrogen-bond acceptors (Lipinski definition) is 2. The van der Waals surface area contributed by atoms with Gasteiger partial charge in [0, 0.05) is 19.1 Å². The van der Waals surface area contributed by atoms with Crippen molar-refractivity contribution < 1.29 is 4.74 Å². The number of morpholine rings is 1. The minimum atomic E-state index is 0.889. The molecule has 0 amide bonds. The van der Waals surface area contributed by atoms with Crippen molar-refractivity contribution in [3.63, 3.8) is 0 Å². The highest BCUT2D eigenvalue weighted by Gasteiger charge is 2.25. The Bertz CT molecular complexity index is 106. The summed E-state index contributed by atoms with van der Waals surface area (Å²) in [5, 5.41) is 0. The number of ether oxygens (including phenoxy) is 1. The number of rotatable bonds is 1. The first-order chi connectivity index (χ1) is 4.97. The van der Waals surface area contributed by atoms with Gasteiger partial charge in [-0.1, -0.05) is 6.42 Å². The van der Waals surface area contributed by atoms with E-state index in [2.05, 4.69) is 4.90 Å². The lowest BCUT2D eigenvalue weighted by atomic mass is 9.91. The Balaban J connectivity index is 1.78. The maximum absolute atomic E-state index is 5.15. The van der Waals surface area contributed by atoms with E-state index in [9.17, 15) is 0 Å². The monoisotopic (exact) mass is 140 g/mol. The van der Waals surface area contributed by atoms with E-state index in [1.54, 1.807) is 0 Å². The molecule has 57 valence electrons. The van der Waals surface area contributed by atoms with Gasteiger partial charge in [0.1, 0.15) is 0 Å². The molecular formula is C8H14NO. The molecule has 2 rings (SSSR count). The van der Waals surface area contributed by atoms with Gasteiger partial charge in [-0.15, -0.1) is 0 Å². The number of nitrogens with zero attached hydrogens (tertiary/aromatic N) is 1. The molecule has 0 aromatic rings. The molecule has 2 aliphatic rings. The van der Waals surface area contributed by atoms with Crippen molar-refractivity contribution in [1.82, 2.24) is 4.90 Å². The highest BCUT2D eigenvalue weighted by molar-refractivity contribution is 4.83. The predicted molar refractivity (Wildman–Crippen MR) is 39.5 cm³/mol. The predicted octanol–water partition coefficient (Wildman–Crippen LogP) is 1.03. The van der Waals surface area contributed by atoms with Gasteiger partial charge < -0.3 is 4.74 Å². The van der Waals surface area contributed by atoms with Gasteiger partial charge in [0.05, 0.1) is 13.2 Å². The zero-order chi connectivity index (χ0) is 6.81. The molecule has 10 heavy (non-hydrogen) atoms. The van der Waals surface area contributed by atoms with Gasteiger partial charge in [-0.2, -0.15) is 0 Å². The van der Waals surface area contributed by atoms with Gasteiger partial charge in [0.2, 0.25) is 0 Å². The van der Waals surface area contributed by atoms with E-state index in [4.69, 9.17) is 4.74 Å². The molecule has 0 bridgehead atoms. The van der Waals surface area contributed by atoms with Gasteiger partial charge in [-0.05, 0) is 12.8 Å². The van der Waals surface area contributed by atoms with Gasteiger partial charge >= 0.3 is 0 Å². The van der Waals surface area contributed by atoms with E-state index in [0.29, 0.717) is 0 Å². The van der Waals surface area contributed by atoms with Crippen LogP contribution in [0, 0.1) is 6.61 Å². The second-order valence-electron chi connectivity index (χ2n) is 3.12.